The number of rotatable bonds is 1. The molecule has 0 aliphatic heterocycles. The van der Waals surface area contributed by atoms with E-state index in [1.54, 1.807) is 16.8 Å². The Balaban J connectivity index is 2.41. The van der Waals surface area contributed by atoms with E-state index in [2.05, 4.69) is 9.97 Å². The van der Waals surface area contributed by atoms with Crippen LogP contribution in [0.2, 0.25) is 5.02 Å². The fourth-order valence-electron chi connectivity index (χ4n) is 1.82. The van der Waals surface area contributed by atoms with Gasteiger partial charge in [0.2, 0.25) is 0 Å². The molecule has 3 nitrogen and oxygen atoms in total. The lowest BCUT2D eigenvalue weighted by molar-refractivity contribution is 0.626. The highest BCUT2D eigenvalue weighted by Crippen LogP contribution is 2.25. The summed E-state index contributed by atoms with van der Waals surface area (Å²) in [5.74, 6) is -0.374. The number of nitrogens with one attached hydrogen (secondary N) is 1. The maximum atomic E-state index is 13.3. The summed E-state index contributed by atoms with van der Waals surface area (Å²) in [5, 5.41) is 0.416. The first-order valence-electron chi connectivity index (χ1n) is 5.18. The van der Waals surface area contributed by atoms with Crippen LogP contribution in [0.1, 0.15) is 0 Å². The van der Waals surface area contributed by atoms with Crippen LogP contribution in [-0.4, -0.2) is 14.5 Å². The van der Waals surface area contributed by atoms with Crippen molar-refractivity contribution < 1.29 is 4.39 Å². The van der Waals surface area contributed by atoms with E-state index in [1.165, 1.54) is 18.2 Å². The first kappa shape index (κ1) is 11.4. The van der Waals surface area contributed by atoms with Crippen LogP contribution >= 0.6 is 23.8 Å². The maximum Gasteiger partial charge on any atom is 0.184 e. The Morgan fingerprint density at radius 3 is 3.00 bits per heavy atom. The number of fused-ring (bicyclic) bond motifs is 1. The topological polar surface area (TPSA) is 33.6 Å². The molecular weight excluding hydrogens is 273 g/mol. The fraction of sp³-hybridized carbons (Fsp3) is 0. The molecule has 0 aliphatic rings. The van der Waals surface area contributed by atoms with Crippen molar-refractivity contribution in [3.63, 3.8) is 0 Å². The number of hydrogen-bond acceptors (Lipinski definition) is 2. The Bertz CT molecular complexity index is 793. The predicted molar refractivity (Wildman–Crippen MR) is 71.2 cm³/mol. The van der Waals surface area contributed by atoms with E-state index >= 15 is 0 Å². The number of aromatic amines is 1. The summed E-state index contributed by atoms with van der Waals surface area (Å²) >= 11 is 11.3. The van der Waals surface area contributed by atoms with Gasteiger partial charge in [-0.15, -0.1) is 0 Å². The third-order valence-corrected chi connectivity index (χ3v) is 3.20. The van der Waals surface area contributed by atoms with Gasteiger partial charge in [-0.25, -0.2) is 9.37 Å². The summed E-state index contributed by atoms with van der Waals surface area (Å²) in [5.41, 5.74) is 1.88. The molecule has 0 atom stereocenters. The minimum absolute atomic E-state index is 0.374. The van der Waals surface area contributed by atoms with E-state index in [0.717, 1.165) is 5.52 Å². The summed E-state index contributed by atoms with van der Waals surface area (Å²) in [6, 6.07) is 7.78. The summed E-state index contributed by atoms with van der Waals surface area (Å²) < 4.78 is 15.4. The Morgan fingerprint density at radius 1 is 1.33 bits per heavy atom. The normalized spacial score (nSPS) is 11.0. The van der Waals surface area contributed by atoms with E-state index in [9.17, 15) is 4.39 Å². The number of pyridine rings is 1. The summed E-state index contributed by atoms with van der Waals surface area (Å²) in [6.45, 7) is 0. The number of aromatic nitrogens is 3. The van der Waals surface area contributed by atoms with Crippen molar-refractivity contribution in [3.05, 3.63) is 52.1 Å². The summed E-state index contributed by atoms with van der Waals surface area (Å²) in [7, 11) is 0. The van der Waals surface area contributed by atoms with Gasteiger partial charge in [0.05, 0.1) is 16.2 Å². The molecule has 3 aromatic rings. The highest BCUT2D eigenvalue weighted by atomic mass is 35.5. The number of hydrogen-bond donors (Lipinski definition) is 1. The molecule has 0 unspecified atom stereocenters. The Labute approximate surface area is 112 Å². The van der Waals surface area contributed by atoms with Crippen LogP contribution in [-0.2, 0) is 0 Å². The molecule has 18 heavy (non-hydrogen) atoms. The number of benzene rings is 1. The molecule has 0 fully saturated rings. The molecule has 0 spiro atoms. The molecule has 0 saturated carbocycles. The van der Waals surface area contributed by atoms with Crippen LogP contribution in [0.4, 0.5) is 4.39 Å². The average Bonchev–Trinajstić information content (AvgIpc) is 2.68. The van der Waals surface area contributed by atoms with Crippen molar-refractivity contribution in [1.82, 2.24) is 14.5 Å². The third-order valence-electron chi connectivity index (χ3n) is 2.59. The second-order valence-electron chi connectivity index (χ2n) is 3.74. The summed E-state index contributed by atoms with van der Waals surface area (Å²) in [6.07, 6.45) is 1.65. The number of halogens is 2. The SMILES string of the molecule is Fc1ccc(Cl)c(-n2c(=S)[nH]c3cccnc32)c1. The van der Waals surface area contributed by atoms with Crippen molar-refractivity contribution in [1.29, 1.82) is 0 Å². The Kier molecular flexibility index (Phi) is 2.65. The predicted octanol–water partition coefficient (Wildman–Crippen LogP) is 3.88. The van der Waals surface area contributed by atoms with Crippen molar-refractivity contribution >= 4 is 35.0 Å². The fourth-order valence-corrected chi connectivity index (χ4v) is 2.32. The van der Waals surface area contributed by atoms with Gasteiger partial charge >= 0.3 is 0 Å². The van der Waals surface area contributed by atoms with Gasteiger partial charge in [0.1, 0.15) is 5.82 Å². The van der Waals surface area contributed by atoms with Crippen LogP contribution in [0, 0.1) is 10.6 Å². The van der Waals surface area contributed by atoms with Gasteiger partial charge in [0.25, 0.3) is 0 Å². The van der Waals surface area contributed by atoms with Crippen LogP contribution in [0.3, 0.4) is 0 Å². The highest BCUT2D eigenvalue weighted by Gasteiger charge is 2.11. The standard InChI is InChI=1S/C12H7ClFN3S/c13-8-4-3-7(14)6-10(8)17-11-9(16-12(17)18)2-1-5-15-11/h1-6H,(H,16,18). The number of H-pyrrole nitrogens is 1. The first-order valence-corrected chi connectivity index (χ1v) is 5.96. The van der Waals surface area contributed by atoms with E-state index in [4.69, 9.17) is 23.8 Å². The molecular formula is C12H7ClFN3S. The lowest BCUT2D eigenvalue weighted by atomic mass is 10.3. The van der Waals surface area contributed by atoms with E-state index in [-0.39, 0.29) is 5.82 Å². The molecule has 0 aliphatic carbocycles. The Morgan fingerprint density at radius 2 is 2.17 bits per heavy atom. The molecule has 90 valence electrons. The zero-order valence-corrected chi connectivity index (χ0v) is 10.6. The minimum Gasteiger partial charge on any atom is -0.329 e. The van der Waals surface area contributed by atoms with Crippen LogP contribution in [0.25, 0.3) is 16.9 Å². The van der Waals surface area contributed by atoms with E-state index < -0.39 is 0 Å². The molecule has 2 aromatic heterocycles. The molecule has 1 aromatic carbocycles. The molecule has 6 heteroatoms. The summed E-state index contributed by atoms with van der Waals surface area (Å²) in [4.78, 5) is 7.24. The molecule has 3 rings (SSSR count). The molecule has 2 heterocycles. The van der Waals surface area contributed by atoms with Crippen LogP contribution < -0.4 is 0 Å². The zero-order valence-electron chi connectivity index (χ0n) is 9.02. The second-order valence-corrected chi connectivity index (χ2v) is 4.53. The molecule has 0 amide bonds. The van der Waals surface area contributed by atoms with Gasteiger partial charge in [-0.2, -0.15) is 0 Å². The minimum atomic E-state index is -0.374. The molecule has 0 radical (unpaired) electrons. The molecule has 0 saturated heterocycles. The largest absolute Gasteiger partial charge is 0.329 e. The van der Waals surface area contributed by atoms with Crippen molar-refractivity contribution in [3.8, 4) is 5.69 Å². The van der Waals surface area contributed by atoms with Gasteiger partial charge in [-0.1, -0.05) is 11.6 Å². The van der Waals surface area contributed by atoms with Gasteiger partial charge in [0.15, 0.2) is 10.4 Å². The van der Waals surface area contributed by atoms with Crippen LogP contribution in [0.15, 0.2) is 36.5 Å². The number of nitrogens with zero attached hydrogens (tertiary/aromatic N) is 2. The van der Waals surface area contributed by atoms with Crippen LogP contribution in [0.5, 0.6) is 0 Å². The first-order chi connectivity index (χ1) is 8.66. The lowest BCUT2D eigenvalue weighted by Gasteiger charge is -2.06. The van der Waals surface area contributed by atoms with Crippen molar-refractivity contribution in [2.45, 2.75) is 0 Å². The lowest BCUT2D eigenvalue weighted by Crippen LogP contribution is -1.97. The highest BCUT2D eigenvalue weighted by molar-refractivity contribution is 7.71. The van der Waals surface area contributed by atoms with Gasteiger partial charge in [-0.3, -0.25) is 4.57 Å². The Hall–Kier alpha value is -1.72. The van der Waals surface area contributed by atoms with Crippen molar-refractivity contribution in [2.75, 3.05) is 0 Å². The van der Waals surface area contributed by atoms with Gasteiger partial charge < -0.3 is 4.98 Å². The maximum absolute atomic E-state index is 13.3. The third kappa shape index (κ3) is 1.72. The van der Waals surface area contributed by atoms with Gasteiger partial charge in [0, 0.05) is 6.20 Å². The average molecular weight is 280 g/mol. The van der Waals surface area contributed by atoms with Gasteiger partial charge in [-0.05, 0) is 42.5 Å². The smallest absolute Gasteiger partial charge is 0.184 e. The quantitative estimate of drug-likeness (QED) is 0.686. The molecule has 0 bridgehead atoms. The number of imidazole rings is 1. The monoisotopic (exact) mass is 279 g/mol. The second kappa shape index (κ2) is 4.19. The van der Waals surface area contributed by atoms with E-state index in [1.807, 2.05) is 6.07 Å². The zero-order chi connectivity index (χ0) is 12.7. The molecule has 1 N–H and O–H groups in total. The van der Waals surface area contributed by atoms with E-state index in [0.29, 0.717) is 21.1 Å². The van der Waals surface area contributed by atoms with Crippen molar-refractivity contribution in [2.24, 2.45) is 0 Å².